The van der Waals surface area contributed by atoms with Gasteiger partial charge in [0, 0.05) is 79.6 Å². The quantitative estimate of drug-likeness (QED) is 0.111. The average Bonchev–Trinajstić information content (AvgIpc) is 4.19. The molecule has 0 bridgehead atoms. The summed E-state index contributed by atoms with van der Waals surface area (Å²) in [4.78, 5) is 42.1. The van der Waals surface area contributed by atoms with Gasteiger partial charge >= 0.3 is 0 Å². The van der Waals surface area contributed by atoms with Gasteiger partial charge in [0.2, 0.25) is 0 Å². The Balaban J connectivity index is 0.000000165. The monoisotopic (exact) mass is 975 g/mol. The Labute approximate surface area is 419 Å². The Morgan fingerprint density at radius 2 is 1.14 bits per heavy atom. The molecule has 0 spiro atoms. The lowest BCUT2D eigenvalue weighted by Gasteiger charge is -2.18. The predicted molar refractivity (Wildman–Crippen MR) is 275 cm³/mol. The van der Waals surface area contributed by atoms with Crippen LogP contribution in [0.4, 0.5) is 5.82 Å². The van der Waals surface area contributed by atoms with Crippen molar-refractivity contribution in [1.82, 2.24) is 69.7 Å². The van der Waals surface area contributed by atoms with Gasteiger partial charge in [-0.2, -0.15) is 20.4 Å². The van der Waals surface area contributed by atoms with Gasteiger partial charge in [0.05, 0.1) is 57.4 Å². The number of halogens is 1. The van der Waals surface area contributed by atoms with Crippen LogP contribution < -0.4 is 16.4 Å². The van der Waals surface area contributed by atoms with Crippen molar-refractivity contribution in [2.75, 3.05) is 5.73 Å². The number of fused-ring (bicyclic) bond motifs is 2. The molecule has 0 saturated heterocycles. The van der Waals surface area contributed by atoms with Crippen LogP contribution in [0, 0.1) is 13.8 Å². The third-order valence-corrected chi connectivity index (χ3v) is 12.5. The van der Waals surface area contributed by atoms with E-state index in [-0.39, 0.29) is 22.9 Å². The first kappa shape index (κ1) is 49.9. The van der Waals surface area contributed by atoms with E-state index in [2.05, 4.69) is 90.4 Å². The summed E-state index contributed by atoms with van der Waals surface area (Å²) >= 11 is 5.93. The molecular weight excluding hydrogens is 914 g/mol. The molecular formula is C53H62ClN15O2. The van der Waals surface area contributed by atoms with Crippen molar-refractivity contribution in [2.24, 2.45) is 0 Å². The standard InChI is InChI=1S/C27H31N7O.C20H22ClN5O.C6H9N3/c1-18-10-19(7-8-20(18)14-28-26(35)21-15-31-34(16-21)27(2,3)4)25-13-22(29-17-30-25)11-23-12-24-6-5-9-33(24)32-23;1-13-7-14(17-8-18(21)24-12-23-17)5-6-15(13)9-22-19(27)16-10-25-26(11-16)20(2,3)4;7-6-4-5-2-1-3-9(5)8-6/h7-8,10,12-13,15-17H,5-6,9,11,14H2,1-4H3,(H,28,35);5-8,10-12H,9H2,1-4H3,(H,22,27);4H,1-3H2,(H2,7,8). The Morgan fingerprint density at radius 1 is 0.634 bits per heavy atom. The molecule has 8 heterocycles. The fourth-order valence-corrected chi connectivity index (χ4v) is 8.44. The number of rotatable bonds is 10. The first-order chi connectivity index (χ1) is 33.9. The topological polar surface area (TPSA) is 207 Å². The number of aromatic nitrogens is 12. The van der Waals surface area contributed by atoms with Crippen LogP contribution in [0.25, 0.3) is 22.5 Å². The lowest BCUT2D eigenvalue weighted by Crippen LogP contribution is -2.24. The van der Waals surface area contributed by atoms with Gasteiger partial charge in [-0.15, -0.1) is 0 Å². The number of carbonyl (C=O) groups is 2. The highest BCUT2D eigenvalue weighted by atomic mass is 35.5. The van der Waals surface area contributed by atoms with Gasteiger partial charge in [0.1, 0.15) is 23.6 Å². The zero-order chi connectivity index (χ0) is 50.5. The Kier molecular flexibility index (Phi) is 14.9. The molecule has 8 aromatic rings. The minimum atomic E-state index is -0.162. The van der Waals surface area contributed by atoms with E-state index in [4.69, 9.17) is 22.4 Å². The van der Waals surface area contributed by atoms with Gasteiger partial charge in [0.15, 0.2) is 0 Å². The van der Waals surface area contributed by atoms with Crippen LogP contribution in [0.2, 0.25) is 5.15 Å². The summed E-state index contributed by atoms with van der Waals surface area (Å²) in [7, 11) is 0. The van der Waals surface area contributed by atoms with Gasteiger partial charge in [-0.25, -0.2) is 19.9 Å². The van der Waals surface area contributed by atoms with E-state index >= 15 is 0 Å². The Morgan fingerprint density at radius 3 is 1.62 bits per heavy atom. The molecule has 18 heteroatoms. The largest absolute Gasteiger partial charge is 0.382 e. The van der Waals surface area contributed by atoms with E-state index in [1.807, 2.05) is 74.8 Å². The Hall–Kier alpha value is -7.53. The minimum absolute atomic E-state index is 0.130. The number of amides is 2. The highest BCUT2D eigenvalue weighted by Gasteiger charge is 2.20. The van der Waals surface area contributed by atoms with E-state index in [0.717, 1.165) is 82.1 Å². The number of carbonyl (C=O) groups excluding carboxylic acids is 2. The van der Waals surface area contributed by atoms with Crippen molar-refractivity contribution in [3.63, 3.8) is 0 Å². The molecule has 2 aliphatic heterocycles. The summed E-state index contributed by atoms with van der Waals surface area (Å²) in [5, 5.41) is 23.7. The number of hydrogen-bond acceptors (Lipinski definition) is 11. The average molecular weight is 977 g/mol. The van der Waals surface area contributed by atoms with E-state index in [1.165, 1.54) is 30.6 Å². The van der Waals surface area contributed by atoms with Crippen LogP contribution in [0.5, 0.6) is 0 Å². The highest BCUT2D eigenvalue weighted by molar-refractivity contribution is 6.29. The smallest absolute Gasteiger partial charge is 0.254 e. The van der Waals surface area contributed by atoms with E-state index in [0.29, 0.717) is 41.6 Å². The molecule has 0 atom stereocenters. The minimum Gasteiger partial charge on any atom is -0.382 e. The zero-order valence-electron chi connectivity index (χ0n) is 41.7. The number of nitrogens with one attached hydrogen (secondary N) is 2. The van der Waals surface area contributed by atoms with Crippen LogP contribution in [-0.4, -0.2) is 70.9 Å². The molecule has 0 unspecified atom stereocenters. The molecule has 0 fully saturated rings. The third-order valence-electron chi connectivity index (χ3n) is 12.3. The predicted octanol–water partition coefficient (Wildman–Crippen LogP) is 8.47. The van der Waals surface area contributed by atoms with Gasteiger partial charge in [-0.3, -0.25) is 28.3 Å². The molecule has 2 aliphatic rings. The SMILES string of the molecule is Cc1cc(-c2cc(Cc3cc4n(n3)CCC4)ncn2)ccc1CNC(=O)c1cnn(C(C)(C)C)c1.Cc1cc(-c2cc(Cl)ncn2)ccc1CNC(=O)c1cnn(C(C)(C)C)c1.Nc1cc2n(n1)CCC2. The van der Waals surface area contributed by atoms with E-state index in [9.17, 15) is 9.59 Å². The van der Waals surface area contributed by atoms with Crippen LogP contribution in [-0.2, 0) is 56.5 Å². The molecule has 2 amide bonds. The lowest BCUT2D eigenvalue weighted by atomic mass is 10.0. The summed E-state index contributed by atoms with van der Waals surface area (Å²) in [6, 6.07) is 20.1. The second-order valence-corrected chi connectivity index (χ2v) is 20.4. The normalized spacial score (nSPS) is 12.9. The number of nitrogens with zero attached hydrogens (tertiary/aromatic N) is 12. The summed E-state index contributed by atoms with van der Waals surface area (Å²) in [6.45, 7) is 19.3. The molecule has 71 heavy (non-hydrogen) atoms. The van der Waals surface area contributed by atoms with Gasteiger partial charge in [0.25, 0.3) is 11.8 Å². The van der Waals surface area contributed by atoms with Gasteiger partial charge in [-0.05, 0) is 128 Å². The number of aryl methyl sites for hydroxylation is 6. The lowest BCUT2D eigenvalue weighted by molar-refractivity contribution is 0.0942. The van der Waals surface area contributed by atoms with Crippen LogP contribution >= 0.6 is 11.6 Å². The number of benzene rings is 2. The van der Waals surface area contributed by atoms with Gasteiger partial charge < -0.3 is 16.4 Å². The van der Waals surface area contributed by atoms with Crippen molar-refractivity contribution in [3.8, 4) is 22.5 Å². The second-order valence-electron chi connectivity index (χ2n) is 20.0. The number of nitrogens with two attached hydrogens (primary N) is 1. The summed E-state index contributed by atoms with van der Waals surface area (Å²) in [5.74, 6) is 0.385. The summed E-state index contributed by atoms with van der Waals surface area (Å²) in [6.07, 6.45) is 15.2. The second kappa shape index (κ2) is 21.2. The maximum atomic E-state index is 12.6. The van der Waals surface area contributed by atoms with Crippen LogP contribution in [0.3, 0.4) is 0 Å². The maximum Gasteiger partial charge on any atom is 0.254 e. The third kappa shape index (κ3) is 12.6. The number of hydrogen-bond donors (Lipinski definition) is 3. The molecule has 0 radical (unpaired) electrons. The first-order valence-electron chi connectivity index (χ1n) is 23.9. The summed E-state index contributed by atoms with van der Waals surface area (Å²) in [5.41, 5.74) is 18.8. The molecule has 0 saturated carbocycles. The van der Waals surface area contributed by atoms with Crippen molar-refractivity contribution in [2.45, 2.75) is 125 Å². The van der Waals surface area contributed by atoms with Crippen molar-refractivity contribution in [3.05, 3.63) is 159 Å². The first-order valence-corrected chi connectivity index (χ1v) is 24.3. The molecule has 4 N–H and O–H groups in total. The fraction of sp³-hybridized carbons (Fsp3) is 0.358. The van der Waals surface area contributed by atoms with E-state index < -0.39 is 0 Å². The number of nitrogen functional groups attached to an aromatic ring is 1. The molecule has 10 rings (SSSR count). The maximum absolute atomic E-state index is 12.6. The number of anilines is 1. The Bertz CT molecular complexity index is 3120. The molecule has 2 aromatic carbocycles. The van der Waals surface area contributed by atoms with Crippen LogP contribution in [0.1, 0.15) is 120 Å². The van der Waals surface area contributed by atoms with Gasteiger partial charge in [-0.1, -0.05) is 35.9 Å². The van der Waals surface area contributed by atoms with Crippen molar-refractivity contribution >= 4 is 29.2 Å². The zero-order valence-corrected chi connectivity index (χ0v) is 42.5. The van der Waals surface area contributed by atoms with Crippen LogP contribution in [0.15, 0.2) is 98.1 Å². The summed E-state index contributed by atoms with van der Waals surface area (Å²) < 4.78 is 7.68. The fourth-order valence-electron chi connectivity index (χ4n) is 8.29. The van der Waals surface area contributed by atoms with Crippen molar-refractivity contribution in [1.29, 1.82) is 0 Å². The molecule has 0 aliphatic carbocycles. The molecule has 17 nitrogen and oxygen atoms in total. The van der Waals surface area contributed by atoms with E-state index in [1.54, 1.807) is 46.5 Å². The van der Waals surface area contributed by atoms with Crippen molar-refractivity contribution < 1.29 is 9.59 Å². The highest BCUT2D eigenvalue weighted by Crippen LogP contribution is 2.25. The molecule has 368 valence electrons. The molecule has 6 aromatic heterocycles.